The van der Waals surface area contributed by atoms with E-state index in [0.29, 0.717) is 12.2 Å². The number of rotatable bonds is 6. The van der Waals surface area contributed by atoms with E-state index in [1.165, 1.54) is 0 Å². The minimum atomic E-state index is -0.303. The van der Waals surface area contributed by atoms with Crippen LogP contribution in [0.5, 0.6) is 0 Å². The molecule has 0 aromatic heterocycles. The van der Waals surface area contributed by atoms with Crippen LogP contribution in [0, 0.1) is 0 Å². The van der Waals surface area contributed by atoms with E-state index in [0.717, 1.165) is 24.5 Å². The van der Waals surface area contributed by atoms with Gasteiger partial charge in [0.15, 0.2) is 0 Å². The number of anilines is 2. The van der Waals surface area contributed by atoms with Gasteiger partial charge in [-0.25, -0.2) is 4.79 Å². The molecule has 0 saturated heterocycles. The minimum absolute atomic E-state index is 0.303. The molecular weight excluding hydrogens is 230 g/mol. The van der Waals surface area contributed by atoms with Crippen LogP contribution in [0.2, 0.25) is 0 Å². The number of nitrogens with zero attached hydrogens (tertiary/aromatic N) is 1. The van der Waals surface area contributed by atoms with Crippen molar-refractivity contribution in [1.29, 1.82) is 0 Å². The Morgan fingerprint density at radius 2 is 2.00 bits per heavy atom. The Hall–Kier alpha value is -1.75. The number of carbonyl (C=O) groups excluding carboxylic acids is 1. The van der Waals surface area contributed by atoms with Gasteiger partial charge in [0.05, 0.1) is 23.5 Å². The molecule has 0 saturated carbocycles. The van der Waals surface area contributed by atoms with E-state index in [9.17, 15) is 4.79 Å². The number of nitrogen functional groups attached to an aromatic ring is 1. The summed E-state index contributed by atoms with van der Waals surface area (Å²) < 4.78 is 5.06. The number of nitrogens with two attached hydrogens (primary N) is 1. The Morgan fingerprint density at radius 1 is 1.33 bits per heavy atom. The molecule has 0 atom stereocenters. The van der Waals surface area contributed by atoms with Gasteiger partial charge >= 0.3 is 5.97 Å². The highest BCUT2D eigenvalue weighted by atomic mass is 16.5. The average molecular weight is 251 g/mol. The van der Waals surface area contributed by atoms with Crippen LogP contribution < -0.4 is 16.2 Å². The fourth-order valence-electron chi connectivity index (χ4n) is 1.83. The van der Waals surface area contributed by atoms with E-state index in [4.69, 9.17) is 10.6 Å². The number of hydrogen-bond donors (Lipinski definition) is 2. The molecule has 5 heteroatoms. The van der Waals surface area contributed by atoms with Gasteiger partial charge in [0.2, 0.25) is 0 Å². The first-order chi connectivity index (χ1) is 8.67. The van der Waals surface area contributed by atoms with Gasteiger partial charge in [-0.3, -0.25) is 5.84 Å². The lowest BCUT2D eigenvalue weighted by molar-refractivity contribution is 0.0527. The molecule has 1 rings (SSSR count). The Kier molecular flexibility index (Phi) is 5.45. The summed E-state index contributed by atoms with van der Waals surface area (Å²) in [5.74, 6) is 5.10. The quantitative estimate of drug-likeness (QED) is 0.460. The van der Waals surface area contributed by atoms with Crippen molar-refractivity contribution in [3.8, 4) is 0 Å². The SMILES string of the molecule is CCOC(=O)c1ccc(NN)cc1N(CC)CC. The maximum atomic E-state index is 11.9. The summed E-state index contributed by atoms with van der Waals surface area (Å²) in [5, 5.41) is 0. The maximum Gasteiger partial charge on any atom is 0.340 e. The molecule has 0 fully saturated rings. The van der Waals surface area contributed by atoms with E-state index in [1.807, 2.05) is 19.9 Å². The third kappa shape index (κ3) is 3.13. The highest BCUT2D eigenvalue weighted by Crippen LogP contribution is 2.25. The summed E-state index contributed by atoms with van der Waals surface area (Å²) in [5.41, 5.74) is 4.77. The van der Waals surface area contributed by atoms with Crippen LogP contribution in [0.15, 0.2) is 18.2 Å². The van der Waals surface area contributed by atoms with Gasteiger partial charge in [-0.1, -0.05) is 0 Å². The van der Waals surface area contributed by atoms with Crippen molar-refractivity contribution < 1.29 is 9.53 Å². The molecule has 18 heavy (non-hydrogen) atoms. The van der Waals surface area contributed by atoms with Gasteiger partial charge in [-0.15, -0.1) is 0 Å². The zero-order valence-corrected chi connectivity index (χ0v) is 11.2. The van der Waals surface area contributed by atoms with Crippen LogP contribution in [0.3, 0.4) is 0 Å². The highest BCUT2D eigenvalue weighted by Gasteiger charge is 2.16. The van der Waals surface area contributed by atoms with Crippen LogP contribution in [-0.2, 0) is 4.74 Å². The molecule has 0 aliphatic carbocycles. The summed E-state index contributed by atoms with van der Waals surface area (Å²) in [6, 6.07) is 5.36. The third-order valence-electron chi connectivity index (χ3n) is 2.76. The van der Waals surface area contributed by atoms with Gasteiger partial charge in [-0.05, 0) is 39.0 Å². The van der Waals surface area contributed by atoms with Gasteiger partial charge in [0, 0.05) is 13.1 Å². The van der Waals surface area contributed by atoms with E-state index < -0.39 is 0 Å². The van der Waals surface area contributed by atoms with Crippen LogP contribution in [0.4, 0.5) is 11.4 Å². The molecule has 0 bridgehead atoms. The van der Waals surface area contributed by atoms with Crippen molar-refractivity contribution >= 4 is 17.3 Å². The fraction of sp³-hybridized carbons (Fsp3) is 0.462. The Morgan fingerprint density at radius 3 is 2.50 bits per heavy atom. The largest absolute Gasteiger partial charge is 0.462 e. The van der Waals surface area contributed by atoms with E-state index in [-0.39, 0.29) is 5.97 Å². The first-order valence-electron chi connectivity index (χ1n) is 6.20. The first kappa shape index (κ1) is 14.3. The molecule has 0 spiro atoms. The van der Waals surface area contributed by atoms with Gasteiger partial charge < -0.3 is 15.1 Å². The number of hydrazine groups is 1. The molecule has 0 aliphatic heterocycles. The number of esters is 1. The molecular formula is C13H21N3O2. The second-order valence-electron chi connectivity index (χ2n) is 3.77. The Labute approximate surface area is 108 Å². The normalized spacial score (nSPS) is 10.0. The summed E-state index contributed by atoms with van der Waals surface area (Å²) in [6.45, 7) is 7.88. The summed E-state index contributed by atoms with van der Waals surface area (Å²) in [6.07, 6.45) is 0. The molecule has 0 radical (unpaired) electrons. The smallest absolute Gasteiger partial charge is 0.340 e. The molecule has 100 valence electrons. The molecule has 0 amide bonds. The number of ether oxygens (including phenoxy) is 1. The lowest BCUT2D eigenvalue weighted by Crippen LogP contribution is -2.25. The van der Waals surface area contributed by atoms with Gasteiger partial charge in [-0.2, -0.15) is 0 Å². The number of nitrogens with one attached hydrogen (secondary N) is 1. The molecule has 5 nitrogen and oxygen atoms in total. The van der Waals surface area contributed by atoms with Crippen molar-refractivity contribution in [2.75, 3.05) is 30.0 Å². The molecule has 1 aromatic rings. The zero-order chi connectivity index (χ0) is 13.5. The number of hydrogen-bond acceptors (Lipinski definition) is 5. The predicted molar refractivity (Wildman–Crippen MR) is 73.8 cm³/mol. The lowest BCUT2D eigenvalue weighted by atomic mass is 10.1. The van der Waals surface area contributed by atoms with E-state index in [1.54, 1.807) is 19.1 Å². The monoisotopic (exact) mass is 251 g/mol. The Bertz CT molecular complexity index is 403. The standard InChI is InChI=1S/C13H21N3O2/c1-4-16(5-2)12-9-10(15-14)7-8-11(12)13(17)18-6-3/h7-9,15H,4-6,14H2,1-3H3. The second-order valence-corrected chi connectivity index (χ2v) is 3.77. The highest BCUT2D eigenvalue weighted by molar-refractivity contribution is 5.96. The van der Waals surface area contributed by atoms with E-state index >= 15 is 0 Å². The van der Waals surface area contributed by atoms with Crippen molar-refractivity contribution in [1.82, 2.24) is 0 Å². The van der Waals surface area contributed by atoms with Crippen LogP contribution >= 0.6 is 0 Å². The van der Waals surface area contributed by atoms with Gasteiger partial charge in [0.1, 0.15) is 0 Å². The van der Waals surface area contributed by atoms with Gasteiger partial charge in [0.25, 0.3) is 0 Å². The van der Waals surface area contributed by atoms with Crippen molar-refractivity contribution in [3.05, 3.63) is 23.8 Å². The first-order valence-corrected chi connectivity index (χ1v) is 6.20. The van der Waals surface area contributed by atoms with Crippen molar-refractivity contribution in [2.45, 2.75) is 20.8 Å². The Balaban J connectivity index is 3.19. The lowest BCUT2D eigenvalue weighted by Gasteiger charge is -2.24. The van der Waals surface area contributed by atoms with Crippen LogP contribution in [0.25, 0.3) is 0 Å². The van der Waals surface area contributed by atoms with E-state index in [2.05, 4.69) is 10.3 Å². The molecule has 3 N–H and O–H groups in total. The predicted octanol–water partition coefficient (Wildman–Crippen LogP) is 2.00. The summed E-state index contributed by atoms with van der Waals surface area (Å²) in [4.78, 5) is 14.0. The zero-order valence-electron chi connectivity index (χ0n) is 11.2. The van der Waals surface area contributed by atoms with Crippen LogP contribution in [0.1, 0.15) is 31.1 Å². The molecule has 0 unspecified atom stereocenters. The third-order valence-corrected chi connectivity index (χ3v) is 2.76. The molecule has 1 aromatic carbocycles. The van der Waals surface area contributed by atoms with Crippen LogP contribution in [-0.4, -0.2) is 25.7 Å². The maximum absolute atomic E-state index is 11.9. The number of benzene rings is 1. The van der Waals surface area contributed by atoms with Crippen molar-refractivity contribution in [2.24, 2.45) is 5.84 Å². The number of carbonyl (C=O) groups is 1. The second kappa shape index (κ2) is 6.86. The minimum Gasteiger partial charge on any atom is -0.462 e. The average Bonchev–Trinajstić information content (AvgIpc) is 2.40. The van der Waals surface area contributed by atoms with Crippen molar-refractivity contribution in [3.63, 3.8) is 0 Å². The fourth-order valence-corrected chi connectivity index (χ4v) is 1.83. The molecule has 0 aliphatic rings. The summed E-state index contributed by atoms with van der Waals surface area (Å²) in [7, 11) is 0. The topological polar surface area (TPSA) is 67.6 Å². The summed E-state index contributed by atoms with van der Waals surface area (Å²) >= 11 is 0. The molecule has 0 heterocycles.